The second-order valence-corrected chi connectivity index (χ2v) is 11.2. The molecule has 6 rings (SSSR count). The topological polar surface area (TPSA) is 115 Å². The fourth-order valence-corrected chi connectivity index (χ4v) is 6.04. The van der Waals surface area contributed by atoms with Gasteiger partial charge in [-0.3, -0.25) is 18.8 Å². The maximum absolute atomic E-state index is 12.5. The average molecular weight is 629 g/mol. The van der Waals surface area contributed by atoms with Crippen molar-refractivity contribution in [3.8, 4) is 39.4 Å². The van der Waals surface area contributed by atoms with Crippen LogP contribution < -0.4 is 20.9 Å². The summed E-state index contributed by atoms with van der Waals surface area (Å²) in [4.78, 5) is 44.1. The van der Waals surface area contributed by atoms with Gasteiger partial charge < -0.3 is 15.4 Å². The van der Waals surface area contributed by atoms with E-state index in [4.69, 9.17) is 32.9 Å². The minimum absolute atomic E-state index is 0.0150. The summed E-state index contributed by atoms with van der Waals surface area (Å²) in [5.41, 5.74) is 5.13. The Balaban J connectivity index is 1.30. The van der Waals surface area contributed by atoms with Crippen LogP contribution in [-0.4, -0.2) is 46.3 Å². The number of carbonyl (C=O) groups excluding carboxylic acids is 2. The number of nitrogens with one attached hydrogen (secondary N) is 2. The number of rotatable bonds is 9. The predicted octanol–water partition coefficient (Wildman–Crippen LogP) is 5.59. The number of aldehydes is 1. The van der Waals surface area contributed by atoms with Crippen LogP contribution in [0.15, 0.2) is 77.9 Å². The lowest BCUT2D eigenvalue weighted by molar-refractivity contribution is -0.119. The van der Waals surface area contributed by atoms with Gasteiger partial charge in [0, 0.05) is 65.8 Å². The maximum atomic E-state index is 12.5. The molecule has 44 heavy (non-hydrogen) atoms. The number of fused-ring (bicyclic) bond motifs is 1. The third-order valence-corrected chi connectivity index (χ3v) is 8.48. The fraction of sp³-hybridized carbons (Fsp3) is 0.182. The van der Waals surface area contributed by atoms with E-state index in [-0.39, 0.29) is 17.5 Å². The molecule has 3 aromatic heterocycles. The van der Waals surface area contributed by atoms with Crippen LogP contribution in [0.5, 0.6) is 5.88 Å². The number of hydrogen-bond donors (Lipinski definition) is 2. The molecule has 4 heterocycles. The Hall–Kier alpha value is -4.57. The van der Waals surface area contributed by atoms with Crippen LogP contribution in [0.4, 0.5) is 0 Å². The number of carbonyl (C=O) groups is 2. The van der Waals surface area contributed by atoms with Gasteiger partial charge in [-0.2, -0.15) is 0 Å². The predicted molar refractivity (Wildman–Crippen MR) is 170 cm³/mol. The molecule has 1 atom stereocenters. The fourth-order valence-electron chi connectivity index (χ4n) is 5.38. The van der Waals surface area contributed by atoms with E-state index in [0.717, 1.165) is 39.8 Å². The molecule has 2 N–H and O–H groups in total. The molecule has 222 valence electrons. The van der Waals surface area contributed by atoms with Crippen molar-refractivity contribution in [2.45, 2.75) is 25.4 Å². The highest BCUT2D eigenvalue weighted by atomic mass is 35.5. The highest BCUT2D eigenvalue weighted by molar-refractivity contribution is 6.39. The number of halogens is 2. The molecule has 0 unspecified atom stereocenters. The van der Waals surface area contributed by atoms with E-state index in [9.17, 15) is 14.4 Å². The lowest BCUT2D eigenvalue weighted by Crippen LogP contribution is -2.35. The molecule has 0 bridgehead atoms. The Labute approximate surface area is 262 Å². The van der Waals surface area contributed by atoms with Crippen molar-refractivity contribution >= 4 is 41.0 Å². The van der Waals surface area contributed by atoms with Crippen LogP contribution in [-0.2, 0) is 11.3 Å². The third kappa shape index (κ3) is 5.69. The van der Waals surface area contributed by atoms with Crippen LogP contribution in [0.1, 0.15) is 28.8 Å². The molecule has 1 aliphatic heterocycles. The average Bonchev–Trinajstić information content (AvgIpc) is 3.46. The van der Waals surface area contributed by atoms with Crippen molar-refractivity contribution in [3.05, 3.63) is 105 Å². The lowest BCUT2D eigenvalue weighted by Gasteiger charge is -2.16. The Morgan fingerprint density at radius 1 is 1.02 bits per heavy atom. The molecule has 5 aromatic rings. The SMILES string of the molecule is COc1nc(-c2cccc(-c3cccc(-c4ccn5c(=O)c(C=O)cnc5c4)c3Cl)c2Cl)ccc1CNC[C@@H]1CCC(=O)N1. The summed E-state index contributed by atoms with van der Waals surface area (Å²) in [5.74, 6) is 0.572. The standard InChI is InChI=1S/C33H27Cl2N5O4/c1-44-32-20(15-36-17-22-9-11-29(42)38-22)8-10-27(39-32)26-7-3-6-25(31(26)35)24-5-2-4-23(30(24)34)19-12-13-40-28(14-19)37-16-21(18-41)33(40)43/h2-8,10,12-14,16,18,22,36H,9,11,15,17H2,1H3,(H,38,42)/t22-/m0/s1. The maximum Gasteiger partial charge on any atom is 0.268 e. The summed E-state index contributed by atoms with van der Waals surface area (Å²) >= 11 is 14.0. The zero-order valence-electron chi connectivity index (χ0n) is 23.6. The first-order valence-electron chi connectivity index (χ1n) is 14.0. The largest absolute Gasteiger partial charge is 0.481 e. The summed E-state index contributed by atoms with van der Waals surface area (Å²) in [7, 11) is 1.58. The van der Waals surface area contributed by atoms with Crippen LogP contribution in [0.25, 0.3) is 39.2 Å². The van der Waals surface area contributed by atoms with Gasteiger partial charge in [-0.25, -0.2) is 9.97 Å². The van der Waals surface area contributed by atoms with Crippen molar-refractivity contribution in [3.63, 3.8) is 0 Å². The van der Waals surface area contributed by atoms with Crippen molar-refractivity contribution in [1.29, 1.82) is 0 Å². The van der Waals surface area contributed by atoms with Gasteiger partial charge in [0.2, 0.25) is 11.8 Å². The van der Waals surface area contributed by atoms with E-state index in [1.165, 1.54) is 10.6 Å². The number of benzene rings is 2. The van der Waals surface area contributed by atoms with Crippen LogP contribution >= 0.6 is 23.2 Å². The number of pyridine rings is 2. The van der Waals surface area contributed by atoms with Gasteiger partial charge >= 0.3 is 0 Å². The summed E-state index contributed by atoms with van der Waals surface area (Å²) in [6.45, 7) is 1.20. The van der Waals surface area contributed by atoms with E-state index >= 15 is 0 Å². The lowest BCUT2D eigenvalue weighted by atomic mass is 9.97. The summed E-state index contributed by atoms with van der Waals surface area (Å²) in [6.07, 6.45) is 4.72. The van der Waals surface area contributed by atoms with Crippen LogP contribution in [0, 0.1) is 0 Å². The van der Waals surface area contributed by atoms with Crippen LogP contribution in [0.3, 0.4) is 0 Å². The van der Waals surface area contributed by atoms with E-state index in [2.05, 4.69) is 15.6 Å². The van der Waals surface area contributed by atoms with E-state index in [1.807, 2.05) is 48.5 Å². The first-order chi connectivity index (χ1) is 21.4. The molecule has 1 aliphatic rings. The molecular formula is C33H27Cl2N5O4. The number of nitrogens with zero attached hydrogens (tertiary/aromatic N) is 3. The molecule has 1 fully saturated rings. The van der Waals surface area contributed by atoms with Gasteiger partial charge in [0.05, 0.1) is 28.4 Å². The second kappa shape index (κ2) is 12.6. The van der Waals surface area contributed by atoms with Crippen LogP contribution in [0.2, 0.25) is 10.0 Å². The minimum Gasteiger partial charge on any atom is -0.481 e. The normalized spacial score (nSPS) is 14.5. The van der Waals surface area contributed by atoms with E-state index in [1.54, 1.807) is 25.4 Å². The van der Waals surface area contributed by atoms with E-state index in [0.29, 0.717) is 53.1 Å². The summed E-state index contributed by atoms with van der Waals surface area (Å²) in [6, 6.07) is 18.8. The number of amides is 1. The highest BCUT2D eigenvalue weighted by Crippen LogP contribution is 2.42. The Kier molecular flexibility index (Phi) is 8.43. The molecule has 0 aliphatic carbocycles. The monoisotopic (exact) mass is 627 g/mol. The molecule has 0 spiro atoms. The Morgan fingerprint density at radius 3 is 2.45 bits per heavy atom. The minimum atomic E-state index is -0.436. The third-order valence-electron chi connectivity index (χ3n) is 7.66. The molecule has 1 saturated heterocycles. The summed E-state index contributed by atoms with van der Waals surface area (Å²) < 4.78 is 6.93. The molecule has 1 amide bonds. The van der Waals surface area contributed by atoms with Gasteiger partial charge in [0.25, 0.3) is 5.56 Å². The zero-order chi connectivity index (χ0) is 30.8. The Bertz CT molecular complexity index is 1980. The number of methoxy groups -OCH3 is 1. The van der Waals surface area contributed by atoms with Crippen molar-refractivity contribution < 1.29 is 14.3 Å². The quantitative estimate of drug-likeness (QED) is 0.205. The molecule has 2 aromatic carbocycles. The zero-order valence-corrected chi connectivity index (χ0v) is 25.2. The first kappa shape index (κ1) is 29.5. The van der Waals surface area contributed by atoms with Crippen molar-refractivity contribution in [1.82, 2.24) is 25.0 Å². The van der Waals surface area contributed by atoms with Gasteiger partial charge in [0.1, 0.15) is 5.65 Å². The first-order valence-corrected chi connectivity index (χ1v) is 14.7. The van der Waals surface area contributed by atoms with Gasteiger partial charge in [-0.05, 0) is 30.2 Å². The molecule has 9 nitrogen and oxygen atoms in total. The molecule has 11 heteroatoms. The molecule has 0 radical (unpaired) electrons. The highest BCUT2D eigenvalue weighted by Gasteiger charge is 2.21. The van der Waals surface area contributed by atoms with Gasteiger partial charge in [0.15, 0.2) is 6.29 Å². The molecule has 0 saturated carbocycles. The smallest absolute Gasteiger partial charge is 0.268 e. The summed E-state index contributed by atoms with van der Waals surface area (Å²) in [5, 5.41) is 7.29. The second-order valence-electron chi connectivity index (χ2n) is 10.4. The number of aromatic nitrogens is 3. The van der Waals surface area contributed by atoms with Gasteiger partial charge in [-0.15, -0.1) is 0 Å². The Morgan fingerprint density at radius 2 is 1.75 bits per heavy atom. The number of ether oxygens (including phenoxy) is 1. The van der Waals surface area contributed by atoms with E-state index < -0.39 is 5.56 Å². The molecular weight excluding hydrogens is 601 g/mol. The number of hydrogen-bond acceptors (Lipinski definition) is 7. The van der Waals surface area contributed by atoms with Gasteiger partial charge in [-0.1, -0.05) is 65.7 Å². The van der Waals surface area contributed by atoms with Crippen molar-refractivity contribution in [2.75, 3.05) is 13.7 Å². The van der Waals surface area contributed by atoms with Crippen molar-refractivity contribution in [2.24, 2.45) is 0 Å².